The summed E-state index contributed by atoms with van der Waals surface area (Å²) in [4.78, 5) is 23.7. The molecule has 0 saturated carbocycles. The number of hydrogen-bond donors (Lipinski definition) is 1. The quantitative estimate of drug-likeness (QED) is 0.812. The minimum absolute atomic E-state index is 0.0541. The largest absolute Gasteiger partial charge is 0.480 e. The first-order chi connectivity index (χ1) is 8.45. The molecule has 4 nitrogen and oxygen atoms in total. The van der Waals surface area contributed by atoms with Gasteiger partial charge in [0.05, 0.1) is 5.56 Å². The third-order valence-corrected chi connectivity index (χ3v) is 2.32. The zero-order chi connectivity index (χ0) is 13.7. The van der Waals surface area contributed by atoms with Crippen LogP contribution < -0.4 is 0 Å². The first-order valence-electron chi connectivity index (χ1n) is 5.33. The summed E-state index contributed by atoms with van der Waals surface area (Å²) in [5, 5.41) is 8.71. The molecule has 0 spiro atoms. The fourth-order valence-electron chi connectivity index (χ4n) is 1.51. The van der Waals surface area contributed by atoms with Gasteiger partial charge in [0.2, 0.25) is 0 Å². The van der Waals surface area contributed by atoms with E-state index in [-0.39, 0.29) is 12.1 Å². The van der Waals surface area contributed by atoms with Gasteiger partial charge in [0.25, 0.3) is 5.91 Å². The highest BCUT2D eigenvalue weighted by molar-refractivity contribution is 5.96. The van der Waals surface area contributed by atoms with Crippen LogP contribution in [0, 0.1) is 12.7 Å². The maximum atomic E-state index is 13.5. The van der Waals surface area contributed by atoms with Crippen LogP contribution in [-0.4, -0.2) is 35.0 Å². The highest BCUT2D eigenvalue weighted by Crippen LogP contribution is 2.13. The highest BCUT2D eigenvalue weighted by atomic mass is 19.1. The predicted molar refractivity (Wildman–Crippen MR) is 64.9 cm³/mol. The van der Waals surface area contributed by atoms with Crippen molar-refractivity contribution < 1.29 is 19.1 Å². The Morgan fingerprint density at radius 3 is 2.72 bits per heavy atom. The molecule has 0 saturated heterocycles. The summed E-state index contributed by atoms with van der Waals surface area (Å²) >= 11 is 0. The van der Waals surface area contributed by atoms with Crippen LogP contribution in [0.2, 0.25) is 0 Å². The Morgan fingerprint density at radius 1 is 1.50 bits per heavy atom. The molecular formula is C13H14FNO3. The Balaban J connectivity index is 3.04. The Hall–Kier alpha value is -2.17. The van der Waals surface area contributed by atoms with E-state index in [0.29, 0.717) is 0 Å². The minimum Gasteiger partial charge on any atom is -0.480 e. The van der Waals surface area contributed by atoms with Crippen molar-refractivity contribution >= 4 is 11.9 Å². The molecule has 18 heavy (non-hydrogen) atoms. The second-order valence-corrected chi connectivity index (χ2v) is 3.85. The van der Waals surface area contributed by atoms with Crippen molar-refractivity contribution in [2.45, 2.75) is 6.92 Å². The van der Waals surface area contributed by atoms with Crippen LogP contribution in [0.3, 0.4) is 0 Å². The van der Waals surface area contributed by atoms with Crippen LogP contribution in [0.25, 0.3) is 0 Å². The Bertz CT molecular complexity index is 485. The average Bonchev–Trinajstić information content (AvgIpc) is 2.30. The standard InChI is InChI=1S/C13H14FNO3/c1-3-6-15(8-12(16)17)13(18)10-7-9(2)4-5-11(10)14/h3-5,7H,1,6,8H2,2H3,(H,16,17). The van der Waals surface area contributed by atoms with Crippen LogP contribution >= 0.6 is 0 Å². The molecule has 5 heteroatoms. The molecule has 0 unspecified atom stereocenters. The lowest BCUT2D eigenvalue weighted by Gasteiger charge is -2.19. The van der Waals surface area contributed by atoms with Crippen LogP contribution in [0.5, 0.6) is 0 Å². The molecule has 1 rings (SSSR count). The van der Waals surface area contributed by atoms with E-state index in [1.807, 2.05) is 0 Å². The zero-order valence-corrected chi connectivity index (χ0v) is 10.0. The van der Waals surface area contributed by atoms with Gasteiger partial charge in [0.15, 0.2) is 0 Å². The van der Waals surface area contributed by atoms with Crippen LogP contribution in [0.1, 0.15) is 15.9 Å². The van der Waals surface area contributed by atoms with Crippen molar-refractivity contribution in [3.05, 3.63) is 47.8 Å². The van der Waals surface area contributed by atoms with E-state index >= 15 is 0 Å². The van der Waals surface area contributed by atoms with E-state index in [0.717, 1.165) is 10.5 Å². The molecule has 0 heterocycles. The first-order valence-corrected chi connectivity index (χ1v) is 5.33. The van der Waals surface area contributed by atoms with Gasteiger partial charge in [-0.3, -0.25) is 9.59 Å². The summed E-state index contributed by atoms with van der Waals surface area (Å²) in [6.07, 6.45) is 1.40. The monoisotopic (exact) mass is 251 g/mol. The van der Waals surface area contributed by atoms with Crippen molar-refractivity contribution in [1.82, 2.24) is 4.90 Å². The molecule has 0 atom stereocenters. The number of hydrogen-bond acceptors (Lipinski definition) is 2. The van der Waals surface area contributed by atoms with E-state index in [2.05, 4.69) is 6.58 Å². The molecule has 0 aliphatic rings. The van der Waals surface area contributed by atoms with Crippen molar-refractivity contribution in [2.75, 3.05) is 13.1 Å². The molecule has 1 amide bonds. The van der Waals surface area contributed by atoms with Gasteiger partial charge in [0, 0.05) is 6.54 Å². The number of amides is 1. The molecule has 0 aliphatic heterocycles. The highest BCUT2D eigenvalue weighted by Gasteiger charge is 2.20. The van der Waals surface area contributed by atoms with Gasteiger partial charge < -0.3 is 10.0 Å². The predicted octanol–water partition coefficient (Wildman–Crippen LogP) is 1.85. The zero-order valence-electron chi connectivity index (χ0n) is 10.0. The lowest BCUT2D eigenvalue weighted by molar-refractivity contribution is -0.137. The molecule has 1 aromatic rings. The Morgan fingerprint density at radius 2 is 2.17 bits per heavy atom. The van der Waals surface area contributed by atoms with Crippen LogP contribution in [0.4, 0.5) is 4.39 Å². The van der Waals surface area contributed by atoms with Gasteiger partial charge in [-0.05, 0) is 19.1 Å². The van der Waals surface area contributed by atoms with Crippen molar-refractivity contribution in [1.29, 1.82) is 0 Å². The number of aryl methyl sites for hydroxylation is 1. The van der Waals surface area contributed by atoms with E-state index in [9.17, 15) is 14.0 Å². The van der Waals surface area contributed by atoms with Gasteiger partial charge in [-0.25, -0.2) is 4.39 Å². The number of aliphatic carboxylic acids is 1. The lowest BCUT2D eigenvalue weighted by Crippen LogP contribution is -2.36. The number of nitrogens with zero attached hydrogens (tertiary/aromatic N) is 1. The minimum atomic E-state index is -1.15. The number of carboxylic acid groups (broad SMARTS) is 1. The molecule has 1 N–H and O–H groups in total. The maximum Gasteiger partial charge on any atom is 0.323 e. The van der Waals surface area contributed by atoms with E-state index in [4.69, 9.17) is 5.11 Å². The van der Waals surface area contributed by atoms with Gasteiger partial charge in [-0.1, -0.05) is 17.7 Å². The second-order valence-electron chi connectivity index (χ2n) is 3.85. The number of halogens is 1. The number of carbonyl (C=O) groups is 2. The van der Waals surface area contributed by atoms with Gasteiger partial charge in [-0.2, -0.15) is 0 Å². The van der Waals surface area contributed by atoms with Crippen LogP contribution in [-0.2, 0) is 4.79 Å². The van der Waals surface area contributed by atoms with Gasteiger partial charge in [0.1, 0.15) is 12.4 Å². The maximum absolute atomic E-state index is 13.5. The summed E-state index contributed by atoms with van der Waals surface area (Å²) in [5.41, 5.74) is 0.603. The molecule has 1 aromatic carbocycles. The summed E-state index contributed by atoms with van der Waals surface area (Å²) in [6.45, 7) is 4.74. The summed E-state index contributed by atoms with van der Waals surface area (Å²) < 4.78 is 13.5. The number of rotatable bonds is 5. The van der Waals surface area contributed by atoms with Crippen molar-refractivity contribution in [3.63, 3.8) is 0 Å². The summed E-state index contributed by atoms with van der Waals surface area (Å²) in [7, 11) is 0. The number of benzene rings is 1. The Labute approximate surface area is 104 Å². The molecule has 0 aromatic heterocycles. The van der Waals surface area contributed by atoms with Crippen molar-refractivity contribution in [2.24, 2.45) is 0 Å². The smallest absolute Gasteiger partial charge is 0.323 e. The third-order valence-electron chi connectivity index (χ3n) is 2.32. The fourth-order valence-corrected chi connectivity index (χ4v) is 1.51. The number of carboxylic acids is 1. The third kappa shape index (κ3) is 3.41. The fraction of sp³-hybridized carbons (Fsp3) is 0.231. The molecule has 0 fully saturated rings. The number of carbonyl (C=O) groups excluding carboxylic acids is 1. The molecular weight excluding hydrogens is 237 g/mol. The normalized spacial score (nSPS) is 9.89. The lowest BCUT2D eigenvalue weighted by atomic mass is 10.1. The SMILES string of the molecule is C=CCN(CC(=O)O)C(=O)c1cc(C)ccc1F. The van der Waals surface area contributed by atoms with E-state index in [1.54, 1.807) is 13.0 Å². The van der Waals surface area contributed by atoms with Crippen molar-refractivity contribution in [3.8, 4) is 0 Å². The Kier molecular flexibility index (Phi) is 4.59. The molecule has 96 valence electrons. The average molecular weight is 251 g/mol. The van der Waals surface area contributed by atoms with Gasteiger partial charge in [-0.15, -0.1) is 6.58 Å². The van der Waals surface area contributed by atoms with E-state index in [1.165, 1.54) is 18.2 Å². The second kappa shape index (κ2) is 5.95. The van der Waals surface area contributed by atoms with E-state index < -0.39 is 24.2 Å². The van der Waals surface area contributed by atoms with Gasteiger partial charge >= 0.3 is 5.97 Å². The molecule has 0 radical (unpaired) electrons. The molecule has 0 bridgehead atoms. The topological polar surface area (TPSA) is 57.6 Å². The van der Waals surface area contributed by atoms with Crippen LogP contribution in [0.15, 0.2) is 30.9 Å². The summed E-state index contributed by atoms with van der Waals surface area (Å²) in [6, 6.07) is 4.13. The molecule has 0 aliphatic carbocycles. The first kappa shape index (κ1) is 13.9. The summed E-state index contributed by atoms with van der Waals surface area (Å²) in [5.74, 6) is -2.47.